The molecular formula is C11H11ClFN3O2S2. The number of aromatic nitrogens is 1. The Hall–Kier alpha value is -1.06. The third-order valence-electron chi connectivity index (χ3n) is 2.51. The van der Waals surface area contributed by atoms with Gasteiger partial charge in [-0.15, -0.1) is 11.3 Å². The summed E-state index contributed by atoms with van der Waals surface area (Å²) >= 11 is 7.08. The monoisotopic (exact) mass is 335 g/mol. The Balaban J connectivity index is 2.31. The van der Waals surface area contributed by atoms with Gasteiger partial charge in [-0.25, -0.2) is 17.5 Å². The van der Waals surface area contributed by atoms with E-state index in [1.165, 1.54) is 23.6 Å². The van der Waals surface area contributed by atoms with Crippen molar-refractivity contribution in [2.24, 2.45) is 5.73 Å². The average Bonchev–Trinajstić information content (AvgIpc) is 2.92. The fourth-order valence-electron chi connectivity index (χ4n) is 1.54. The summed E-state index contributed by atoms with van der Waals surface area (Å²) in [6, 6.07) is 2.37. The molecule has 0 radical (unpaired) electrons. The van der Waals surface area contributed by atoms with Crippen LogP contribution in [0.25, 0.3) is 0 Å². The van der Waals surface area contributed by atoms with Gasteiger partial charge in [0, 0.05) is 34.7 Å². The van der Waals surface area contributed by atoms with Crippen molar-refractivity contribution in [3.8, 4) is 0 Å². The molecule has 20 heavy (non-hydrogen) atoms. The fraction of sp³-hybridized carbons (Fsp3) is 0.182. The lowest BCUT2D eigenvalue weighted by Gasteiger charge is -2.10. The maximum atomic E-state index is 14.0. The van der Waals surface area contributed by atoms with Crippen molar-refractivity contribution in [2.45, 2.75) is 18.0 Å². The summed E-state index contributed by atoms with van der Waals surface area (Å²) in [7, 11) is -4.01. The predicted molar refractivity (Wildman–Crippen MR) is 75.4 cm³/mol. The lowest BCUT2D eigenvalue weighted by molar-refractivity contribution is 0.550. The van der Waals surface area contributed by atoms with Crippen molar-refractivity contribution in [2.75, 3.05) is 0 Å². The summed E-state index contributed by atoms with van der Waals surface area (Å²) < 4.78 is 40.6. The first-order valence-electron chi connectivity index (χ1n) is 5.49. The lowest BCUT2D eigenvalue weighted by Crippen LogP contribution is -2.24. The summed E-state index contributed by atoms with van der Waals surface area (Å²) in [6.45, 7) is -0.0966. The van der Waals surface area contributed by atoms with Crippen LogP contribution >= 0.6 is 22.9 Å². The van der Waals surface area contributed by atoms with Crippen molar-refractivity contribution in [3.05, 3.63) is 45.1 Å². The Morgan fingerprint density at radius 1 is 1.45 bits per heavy atom. The molecule has 108 valence electrons. The first-order chi connectivity index (χ1) is 9.44. The quantitative estimate of drug-likeness (QED) is 0.873. The molecule has 5 nitrogen and oxygen atoms in total. The molecular weight excluding hydrogens is 325 g/mol. The number of nitrogens with one attached hydrogen (secondary N) is 1. The maximum absolute atomic E-state index is 14.0. The molecule has 9 heteroatoms. The van der Waals surface area contributed by atoms with E-state index in [1.54, 1.807) is 5.51 Å². The molecule has 0 amide bonds. The molecule has 1 aromatic heterocycles. The molecule has 0 aliphatic heterocycles. The van der Waals surface area contributed by atoms with Gasteiger partial charge in [0.1, 0.15) is 10.7 Å². The normalized spacial score (nSPS) is 11.8. The van der Waals surface area contributed by atoms with Crippen LogP contribution in [0, 0.1) is 5.82 Å². The Kier molecular flexibility index (Phi) is 4.71. The third-order valence-corrected chi connectivity index (χ3v) is 4.91. The molecule has 0 fully saturated rings. The number of hydrogen-bond acceptors (Lipinski definition) is 5. The highest BCUT2D eigenvalue weighted by molar-refractivity contribution is 7.89. The second-order valence-corrected chi connectivity index (χ2v) is 7.02. The smallest absolute Gasteiger partial charge is 0.243 e. The minimum atomic E-state index is -4.01. The van der Waals surface area contributed by atoms with Gasteiger partial charge in [0.05, 0.1) is 5.51 Å². The molecule has 0 bridgehead atoms. The topological polar surface area (TPSA) is 85.1 Å². The van der Waals surface area contributed by atoms with Gasteiger partial charge in [0.25, 0.3) is 0 Å². The zero-order valence-corrected chi connectivity index (χ0v) is 12.5. The van der Waals surface area contributed by atoms with Gasteiger partial charge in [-0.2, -0.15) is 0 Å². The standard InChI is InChI=1S/C11H11ClFN3O2S2/c12-8-1-7(3-14)11(13)10(2-8)20(17,18)16-5-9-4-15-6-19-9/h1-2,4,6,16H,3,5,14H2. The van der Waals surface area contributed by atoms with Gasteiger partial charge in [-0.05, 0) is 12.1 Å². The number of benzene rings is 1. The van der Waals surface area contributed by atoms with Crippen LogP contribution in [0.2, 0.25) is 5.02 Å². The van der Waals surface area contributed by atoms with Gasteiger partial charge in [-0.3, -0.25) is 4.98 Å². The van der Waals surface area contributed by atoms with Crippen LogP contribution in [0.4, 0.5) is 4.39 Å². The number of thiazole rings is 1. The van der Waals surface area contributed by atoms with E-state index >= 15 is 0 Å². The summed E-state index contributed by atoms with van der Waals surface area (Å²) in [5, 5.41) is 0.116. The zero-order chi connectivity index (χ0) is 14.8. The molecule has 1 aromatic carbocycles. The average molecular weight is 336 g/mol. The van der Waals surface area contributed by atoms with E-state index in [1.807, 2.05) is 0 Å². The molecule has 0 spiro atoms. The van der Waals surface area contributed by atoms with E-state index in [4.69, 9.17) is 17.3 Å². The van der Waals surface area contributed by atoms with Crippen LogP contribution in [0.3, 0.4) is 0 Å². The van der Waals surface area contributed by atoms with E-state index < -0.39 is 20.7 Å². The summed E-state index contributed by atoms with van der Waals surface area (Å²) in [5.74, 6) is -0.881. The van der Waals surface area contributed by atoms with Crippen molar-refractivity contribution in [3.63, 3.8) is 0 Å². The molecule has 0 saturated heterocycles. The zero-order valence-electron chi connectivity index (χ0n) is 10.1. The minimum Gasteiger partial charge on any atom is -0.326 e. The number of rotatable bonds is 5. The van der Waals surface area contributed by atoms with E-state index in [0.717, 1.165) is 10.9 Å². The predicted octanol–water partition coefficient (Wildman–Crippen LogP) is 1.87. The number of hydrogen-bond donors (Lipinski definition) is 2. The Bertz CT molecular complexity index is 705. The minimum absolute atomic E-state index is 0.0386. The van der Waals surface area contributed by atoms with Gasteiger partial charge in [-0.1, -0.05) is 11.6 Å². The van der Waals surface area contributed by atoms with E-state index in [-0.39, 0.29) is 23.7 Å². The molecule has 3 N–H and O–H groups in total. The van der Waals surface area contributed by atoms with Crippen molar-refractivity contribution < 1.29 is 12.8 Å². The SMILES string of the molecule is NCc1cc(Cl)cc(S(=O)(=O)NCc2cncs2)c1F. The molecule has 0 aliphatic carbocycles. The number of nitrogens with zero attached hydrogens (tertiary/aromatic N) is 1. The molecule has 0 atom stereocenters. The number of sulfonamides is 1. The van der Waals surface area contributed by atoms with Gasteiger partial charge in [0.2, 0.25) is 10.0 Å². The van der Waals surface area contributed by atoms with Crippen LogP contribution in [0.15, 0.2) is 28.7 Å². The van der Waals surface area contributed by atoms with E-state index in [0.29, 0.717) is 0 Å². The molecule has 2 aromatic rings. The lowest BCUT2D eigenvalue weighted by atomic mass is 10.2. The summed E-state index contributed by atoms with van der Waals surface area (Å²) in [4.78, 5) is 4.04. The first kappa shape index (κ1) is 15.3. The van der Waals surface area contributed by atoms with E-state index in [2.05, 4.69) is 9.71 Å². The van der Waals surface area contributed by atoms with Crippen LogP contribution < -0.4 is 10.5 Å². The van der Waals surface area contributed by atoms with Gasteiger partial charge in [0.15, 0.2) is 0 Å². The summed E-state index contributed by atoms with van der Waals surface area (Å²) in [6.07, 6.45) is 1.53. The molecule has 0 unspecified atom stereocenters. The molecule has 0 saturated carbocycles. The Morgan fingerprint density at radius 3 is 2.80 bits per heavy atom. The van der Waals surface area contributed by atoms with Crippen LogP contribution in [-0.2, 0) is 23.1 Å². The van der Waals surface area contributed by atoms with Crippen LogP contribution in [-0.4, -0.2) is 13.4 Å². The summed E-state index contributed by atoms with van der Waals surface area (Å²) in [5.41, 5.74) is 6.99. The van der Waals surface area contributed by atoms with Crippen LogP contribution in [0.5, 0.6) is 0 Å². The number of halogens is 2. The highest BCUT2D eigenvalue weighted by Crippen LogP contribution is 2.23. The molecule has 2 rings (SSSR count). The van der Waals surface area contributed by atoms with Crippen LogP contribution in [0.1, 0.15) is 10.4 Å². The molecule has 1 heterocycles. The molecule has 0 aliphatic rings. The maximum Gasteiger partial charge on any atom is 0.243 e. The fourth-order valence-corrected chi connectivity index (χ4v) is 3.62. The second kappa shape index (κ2) is 6.15. The Morgan fingerprint density at radius 2 is 2.20 bits per heavy atom. The highest BCUT2D eigenvalue weighted by Gasteiger charge is 2.22. The largest absolute Gasteiger partial charge is 0.326 e. The first-order valence-corrected chi connectivity index (χ1v) is 8.23. The highest BCUT2D eigenvalue weighted by atomic mass is 35.5. The Labute approximate surface area is 124 Å². The van der Waals surface area contributed by atoms with Crippen molar-refractivity contribution in [1.82, 2.24) is 9.71 Å². The van der Waals surface area contributed by atoms with E-state index in [9.17, 15) is 12.8 Å². The third kappa shape index (κ3) is 3.33. The van der Waals surface area contributed by atoms with Gasteiger partial charge >= 0.3 is 0 Å². The van der Waals surface area contributed by atoms with Crippen molar-refractivity contribution >= 4 is 33.0 Å². The number of nitrogens with two attached hydrogens (primary N) is 1. The second-order valence-electron chi connectivity index (χ2n) is 3.87. The van der Waals surface area contributed by atoms with Crippen molar-refractivity contribution in [1.29, 1.82) is 0 Å². The van der Waals surface area contributed by atoms with Gasteiger partial charge < -0.3 is 5.73 Å².